The van der Waals surface area contributed by atoms with Gasteiger partial charge in [0.2, 0.25) is 0 Å². The fourth-order valence-corrected chi connectivity index (χ4v) is 1.09. The predicted molar refractivity (Wildman–Crippen MR) is 50.3 cm³/mol. The van der Waals surface area contributed by atoms with Crippen LogP contribution in [0.2, 0.25) is 0 Å². The summed E-state index contributed by atoms with van der Waals surface area (Å²) in [6.07, 6.45) is 0. The summed E-state index contributed by atoms with van der Waals surface area (Å²) in [5, 5.41) is 8.59. The van der Waals surface area contributed by atoms with Crippen molar-refractivity contribution in [3.63, 3.8) is 0 Å². The maximum atomic E-state index is 13.2. The van der Waals surface area contributed by atoms with Gasteiger partial charge in [0.15, 0.2) is 5.78 Å². The Balaban J connectivity index is 3.21. The average molecular weight is 191 g/mol. The Bertz CT molecular complexity index is 404. The zero-order chi connectivity index (χ0) is 10.7. The monoisotopic (exact) mass is 191 g/mol. The number of rotatable bonds is 2. The van der Waals surface area contributed by atoms with Crippen LogP contribution < -0.4 is 0 Å². The zero-order valence-electron chi connectivity index (χ0n) is 8.04. The summed E-state index contributed by atoms with van der Waals surface area (Å²) in [5.41, 5.74) is 0.300. The molecule has 72 valence electrons. The molecule has 0 aliphatic heterocycles. The molecule has 0 aliphatic rings. The van der Waals surface area contributed by atoms with E-state index in [4.69, 9.17) is 5.26 Å². The molecule has 14 heavy (non-hydrogen) atoms. The van der Waals surface area contributed by atoms with Crippen molar-refractivity contribution in [2.75, 3.05) is 0 Å². The predicted octanol–water partition coefficient (Wildman–Crippen LogP) is 2.54. The molecular weight excluding hydrogens is 181 g/mol. The van der Waals surface area contributed by atoms with Gasteiger partial charge in [-0.2, -0.15) is 5.26 Å². The highest BCUT2D eigenvalue weighted by Crippen LogP contribution is 2.14. The molecule has 0 amide bonds. The lowest BCUT2D eigenvalue weighted by atomic mass is 9.99. The van der Waals surface area contributed by atoms with Gasteiger partial charge in [-0.15, -0.1) is 0 Å². The van der Waals surface area contributed by atoms with Crippen molar-refractivity contribution in [1.82, 2.24) is 0 Å². The van der Waals surface area contributed by atoms with Gasteiger partial charge in [-0.25, -0.2) is 4.39 Å². The van der Waals surface area contributed by atoms with Crippen molar-refractivity contribution in [3.8, 4) is 6.07 Å². The van der Waals surface area contributed by atoms with E-state index in [0.717, 1.165) is 6.07 Å². The normalized spacial score (nSPS) is 9.93. The van der Waals surface area contributed by atoms with E-state index in [9.17, 15) is 9.18 Å². The number of nitrogens with zero attached hydrogens (tertiary/aromatic N) is 1. The van der Waals surface area contributed by atoms with E-state index in [1.54, 1.807) is 13.8 Å². The summed E-state index contributed by atoms with van der Waals surface area (Å²) in [5.74, 6) is -1.11. The van der Waals surface area contributed by atoms with Crippen molar-refractivity contribution in [3.05, 3.63) is 35.1 Å². The van der Waals surface area contributed by atoms with Crippen LogP contribution in [0.15, 0.2) is 18.2 Å². The van der Waals surface area contributed by atoms with Crippen LogP contribution in [-0.2, 0) is 0 Å². The Hall–Kier alpha value is -1.69. The largest absolute Gasteiger partial charge is 0.294 e. The van der Waals surface area contributed by atoms with E-state index in [2.05, 4.69) is 0 Å². The fraction of sp³-hybridized carbons (Fsp3) is 0.273. The Morgan fingerprint density at radius 1 is 1.50 bits per heavy atom. The zero-order valence-corrected chi connectivity index (χ0v) is 8.04. The highest BCUT2D eigenvalue weighted by Gasteiger charge is 2.15. The lowest BCUT2D eigenvalue weighted by Gasteiger charge is -2.05. The maximum absolute atomic E-state index is 13.2. The van der Waals surface area contributed by atoms with Gasteiger partial charge in [0.05, 0.1) is 17.2 Å². The average Bonchev–Trinajstić information content (AvgIpc) is 2.17. The first-order valence-corrected chi connectivity index (χ1v) is 4.30. The molecule has 0 atom stereocenters. The number of Topliss-reactive ketones (excluding diaryl/α,β-unsaturated/α-hetero) is 1. The quantitative estimate of drug-likeness (QED) is 0.674. The second kappa shape index (κ2) is 4.01. The minimum Gasteiger partial charge on any atom is -0.294 e. The van der Waals surface area contributed by atoms with Crippen LogP contribution in [0.1, 0.15) is 29.8 Å². The van der Waals surface area contributed by atoms with E-state index in [1.807, 2.05) is 6.07 Å². The van der Waals surface area contributed by atoms with E-state index < -0.39 is 5.82 Å². The molecule has 1 aromatic rings. The van der Waals surface area contributed by atoms with Gasteiger partial charge in [0.25, 0.3) is 0 Å². The van der Waals surface area contributed by atoms with Crippen LogP contribution in [-0.4, -0.2) is 5.78 Å². The Morgan fingerprint density at radius 3 is 2.64 bits per heavy atom. The van der Waals surface area contributed by atoms with Gasteiger partial charge in [-0.1, -0.05) is 13.8 Å². The Labute approximate surface area is 82.0 Å². The molecule has 0 radical (unpaired) electrons. The highest BCUT2D eigenvalue weighted by molar-refractivity contribution is 5.97. The minimum absolute atomic E-state index is 0.000880. The van der Waals surface area contributed by atoms with Crippen molar-refractivity contribution in [1.29, 1.82) is 5.26 Å². The SMILES string of the molecule is CC(C)C(=O)c1cc(C#N)ccc1F. The first-order chi connectivity index (χ1) is 6.56. The molecule has 0 aliphatic carbocycles. The molecule has 0 N–H and O–H groups in total. The molecule has 0 heterocycles. The summed E-state index contributed by atoms with van der Waals surface area (Å²) >= 11 is 0. The molecule has 0 aromatic heterocycles. The first-order valence-electron chi connectivity index (χ1n) is 4.30. The van der Waals surface area contributed by atoms with E-state index in [0.29, 0.717) is 5.56 Å². The summed E-state index contributed by atoms with van der Waals surface area (Å²) in [7, 11) is 0. The topological polar surface area (TPSA) is 40.9 Å². The molecule has 0 saturated heterocycles. The molecule has 0 bridgehead atoms. The molecular formula is C11H10FNO. The molecule has 0 fully saturated rings. The Kier molecular flexibility index (Phi) is 2.98. The third-order valence-electron chi connectivity index (χ3n) is 1.89. The van der Waals surface area contributed by atoms with Crippen LogP contribution >= 0.6 is 0 Å². The van der Waals surface area contributed by atoms with Gasteiger partial charge in [-0.3, -0.25) is 4.79 Å². The molecule has 1 aromatic carbocycles. The molecule has 0 saturated carbocycles. The van der Waals surface area contributed by atoms with Crippen molar-refractivity contribution < 1.29 is 9.18 Å². The van der Waals surface area contributed by atoms with Gasteiger partial charge < -0.3 is 0 Å². The summed E-state index contributed by atoms with van der Waals surface area (Å²) < 4.78 is 13.2. The molecule has 3 heteroatoms. The molecule has 0 unspecified atom stereocenters. The molecule has 1 rings (SSSR count). The van der Waals surface area contributed by atoms with Crippen LogP contribution in [0.25, 0.3) is 0 Å². The molecule has 2 nitrogen and oxygen atoms in total. The number of carbonyl (C=O) groups excluding carboxylic acids is 1. The first kappa shape index (κ1) is 10.4. The number of halogens is 1. The highest BCUT2D eigenvalue weighted by atomic mass is 19.1. The van der Waals surface area contributed by atoms with Crippen molar-refractivity contribution >= 4 is 5.78 Å². The number of ketones is 1. The smallest absolute Gasteiger partial charge is 0.168 e. The van der Waals surface area contributed by atoms with Gasteiger partial charge >= 0.3 is 0 Å². The number of benzene rings is 1. The lowest BCUT2D eigenvalue weighted by Crippen LogP contribution is -2.09. The number of nitriles is 1. The number of carbonyl (C=O) groups is 1. The standard InChI is InChI=1S/C11H10FNO/c1-7(2)11(14)9-5-8(6-13)3-4-10(9)12/h3-5,7H,1-2H3. The summed E-state index contributed by atoms with van der Waals surface area (Å²) in [6.45, 7) is 3.39. The van der Waals surface area contributed by atoms with Gasteiger partial charge in [-0.05, 0) is 18.2 Å². The van der Waals surface area contributed by atoms with Gasteiger partial charge in [0, 0.05) is 5.92 Å². The second-order valence-electron chi connectivity index (χ2n) is 3.33. The van der Waals surface area contributed by atoms with E-state index in [1.165, 1.54) is 12.1 Å². The fourth-order valence-electron chi connectivity index (χ4n) is 1.09. The van der Waals surface area contributed by atoms with Crippen molar-refractivity contribution in [2.24, 2.45) is 5.92 Å². The maximum Gasteiger partial charge on any atom is 0.168 e. The van der Waals surface area contributed by atoms with E-state index in [-0.39, 0.29) is 17.3 Å². The minimum atomic E-state index is -0.567. The van der Waals surface area contributed by atoms with Crippen LogP contribution in [0.3, 0.4) is 0 Å². The van der Waals surface area contributed by atoms with E-state index >= 15 is 0 Å². The van der Waals surface area contributed by atoms with Crippen molar-refractivity contribution in [2.45, 2.75) is 13.8 Å². The second-order valence-corrected chi connectivity index (χ2v) is 3.33. The van der Waals surface area contributed by atoms with Gasteiger partial charge in [0.1, 0.15) is 5.82 Å². The number of hydrogen-bond donors (Lipinski definition) is 0. The summed E-state index contributed by atoms with van der Waals surface area (Å²) in [4.78, 5) is 11.5. The third kappa shape index (κ3) is 1.97. The Morgan fingerprint density at radius 2 is 2.14 bits per heavy atom. The molecule has 0 spiro atoms. The lowest BCUT2D eigenvalue weighted by molar-refractivity contribution is 0.0935. The number of hydrogen-bond acceptors (Lipinski definition) is 2. The van der Waals surface area contributed by atoms with Crippen LogP contribution in [0.5, 0.6) is 0 Å². The van der Waals surface area contributed by atoms with Crippen LogP contribution in [0, 0.1) is 23.1 Å². The third-order valence-corrected chi connectivity index (χ3v) is 1.89. The summed E-state index contributed by atoms with van der Waals surface area (Å²) in [6, 6.07) is 5.66. The van der Waals surface area contributed by atoms with Crippen LogP contribution in [0.4, 0.5) is 4.39 Å².